The Labute approximate surface area is 167 Å². The highest BCUT2D eigenvalue weighted by Gasteiger charge is 2.62. The maximum atomic E-state index is 13.2. The molecule has 156 valence electrons. The minimum atomic E-state index is -1.57. The van der Waals surface area contributed by atoms with Crippen LogP contribution in [0.2, 0.25) is 0 Å². The molecule has 7 nitrogen and oxygen atoms in total. The Morgan fingerprint density at radius 1 is 0.929 bits per heavy atom. The molecule has 7 heteroatoms. The number of nitrogens with zero attached hydrogens (tertiary/aromatic N) is 1. The van der Waals surface area contributed by atoms with Gasteiger partial charge in [0.1, 0.15) is 5.60 Å². The maximum absolute atomic E-state index is 13.2. The van der Waals surface area contributed by atoms with Gasteiger partial charge in [0, 0.05) is 12.8 Å². The van der Waals surface area contributed by atoms with E-state index in [0.717, 1.165) is 4.90 Å². The van der Waals surface area contributed by atoms with E-state index in [0.29, 0.717) is 0 Å². The van der Waals surface area contributed by atoms with Crippen LogP contribution >= 0.6 is 0 Å². The van der Waals surface area contributed by atoms with Gasteiger partial charge in [-0.15, -0.1) is 13.2 Å². The molecular weight excluding hydrogens is 362 g/mol. The number of carbonyl (C=O) groups is 3. The highest BCUT2D eigenvalue weighted by atomic mass is 16.6. The van der Waals surface area contributed by atoms with Crippen molar-refractivity contribution in [2.75, 3.05) is 13.2 Å². The molecule has 0 spiro atoms. The zero-order valence-electron chi connectivity index (χ0n) is 17.4. The predicted molar refractivity (Wildman–Crippen MR) is 106 cm³/mol. The van der Waals surface area contributed by atoms with Crippen molar-refractivity contribution < 1.29 is 28.6 Å². The van der Waals surface area contributed by atoms with Crippen molar-refractivity contribution in [3.8, 4) is 0 Å². The van der Waals surface area contributed by atoms with E-state index >= 15 is 0 Å². The lowest BCUT2D eigenvalue weighted by Gasteiger charge is -2.43. The summed E-state index contributed by atoms with van der Waals surface area (Å²) in [4.78, 5) is 40.3. The highest BCUT2D eigenvalue weighted by Crippen LogP contribution is 2.43. The number of ether oxygens (including phenoxy) is 3. The van der Waals surface area contributed by atoms with E-state index in [-0.39, 0.29) is 26.1 Å². The van der Waals surface area contributed by atoms with E-state index in [4.69, 9.17) is 14.2 Å². The van der Waals surface area contributed by atoms with Crippen LogP contribution in [0.15, 0.2) is 37.5 Å². The van der Waals surface area contributed by atoms with Crippen molar-refractivity contribution in [1.82, 2.24) is 4.90 Å². The van der Waals surface area contributed by atoms with E-state index in [1.165, 1.54) is 24.3 Å². The fourth-order valence-corrected chi connectivity index (χ4v) is 3.17. The highest BCUT2D eigenvalue weighted by molar-refractivity contribution is 5.97. The minimum absolute atomic E-state index is 0.0415. The Bertz CT molecular complexity index is 620. The Morgan fingerprint density at radius 3 is 1.61 bits per heavy atom. The number of rotatable bonds is 8. The third-order valence-electron chi connectivity index (χ3n) is 4.18. The third kappa shape index (κ3) is 4.46. The van der Waals surface area contributed by atoms with Gasteiger partial charge in [0.15, 0.2) is 11.1 Å². The first-order valence-corrected chi connectivity index (χ1v) is 9.34. The van der Waals surface area contributed by atoms with Crippen LogP contribution in [-0.2, 0) is 23.8 Å². The lowest BCUT2D eigenvalue weighted by Crippen LogP contribution is -2.65. The molecule has 1 aliphatic heterocycles. The van der Waals surface area contributed by atoms with E-state index in [1.54, 1.807) is 34.6 Å². The van der Waals surface area contributed by atoms with Gasteiger partial charge in [-0.1, -0.05) is 12.2 Å². The molecule has 0 aromatic carbocycles. The van der Waals surface area contributed by atoms with Gasteiger partial charge < -0.3 is 14.2 Å². The molecule has 0 radical (unpaired) electrons. The van der Waals surface area contributed by atoms with Crippen LogP contribution in [0.4, 0.5) is 4.79 Å². The summed E-state index contributed by atoms with van der Waals surface area (Å²) in [6, 6.07) is 0. The molecule has 0 fully saturated rings. The molecule has 0 saturated carbocycles. The van der Waals surface area contributed by atoms with Gasteiger partial charge in [-0.05, 0) is 46.8 Å². The Balaban J connectivity index is 3.67. The van der Waals surface area contributed by atoms with Crippen molar-refractivity contribution in [2.24, 2.45) is 0 Å². The van der Waals surface area contributed by atoms with Crippen LogP contribution in [0.1, 0.15) is 47.5 Å². The number of carbonyl (C=O) groups excluding carboxylic acids is 3. The summed E-state index contributed by atoms with van der Waals surface area (Å²) < 4.78 is 16.0. The Hall–Kier alpha value is -2.57. The van der Waals surface area contributed by atoms with Crippen LogP contribution < -0.4 is 0 Å². The van der Waals surface area contributed by atoms with Crippen LogP contribution in [0, 0.1) is 0 Å². The molecule has 0 N–H and O–H groups in total. The first-order chi connectivity index (χ1) is 13.0. The van der Waals surface area contributed by atoms with E-state index in [2.05, 4.69) is 13.2 Å². The van der Waals surface area contributed by atoms with Crippen LogP contribution in [-0.4, -0.2) is 52.8 Å². The van der Waals surface area contributed by atoms with Gasteiger partial charge in [-0.2, -0.15) is 0 Å². The molecule has 1 aliphatic rings. The fourth-order valence-electron chi connectivity index (χ4n) is 3.17. The number of esters is 2. The van der Waals surface area contributed by atoms with Crippen molar-refractivity contribution in [3.05, 3.63) is 37.5 Å². The zero-order chi connectivity index (χ0) is 21.6. The normalized spacial score (nSPS) is 23.8. The number of hydrogen-bond acceptors (Lipinski definition) is 6. The summed E-state index contributed by atoms with van der Waals surface area (Å²) in [5, 5.41) is 0. The molecule has 1 rings (SSSR count). The van der Waals surface area contributed by atoms with Crippen LogP contribution in [0.3, 0.4) is 0 Å². The average Bonchev–Trinajstić information content (AvgIpc) is 2.91. The molecule has 2 atom stereocenters. The first-order valence-electron chi connectivity index (χ1n) is 9.34. The number of amides is 1. The third-order valence-corrected chi connectivity index (χ3v) is 4.18. The van der Waals surface area contributed by atoms with E-state index in [1.807, 2.05) is 0 Å². The molecule has 0 unspecified atom stereocenters. The van der Waals surface area contributed by atoms with Crippen molar-refractivity contribution in [3.63, 3.8) is 0 Å². The molecule has 0 aromatic rings. The summed E-state index contributed by atoms with van der Waals surface area (Å²) in [6.07, 6.45) is 5.23. The summed E-state index contributed by atoms with van der Waals surface area (Å²) in [5.74, 6) is -1.35. The fraction of sp³-hybridized carbons (Fsp3) is 0.571. The topological polar surface area (TPSA) is 82.1 Å². The molecule has 0 aliphatic carbocycles. The standard InChI is InChI=1S/C21H31NO6/c1-8-12-20(16(23)26-10-3)14-15-21(13-9-2,17(24)27-11-4)22(20)18(25)28-19(5,6)7/h8-9,14-15H,1-2,10-13H2,3-7H3/t20-,21-/m1/s1. The average molecular weight is 393 g/mol. The van der Waals surface area contributed by atoms with Gasteiger partial charge in [-0.25, -0.2) is 14.4 Å². The van der Waals surface area contributed by atoms with Crippen molar-refractivity contribution >= 4 is 18.0 Å². The SMILES string of the molecule is C=CC[C@]1(C(=O)OCC)C=C[C@](CC=C)(C(=O)OCC)N1C(=O)OC(C)(C)C. The van der Waals surface area contributed by atoms with Gasteiger partial charge in [0.2, 0.25) is 0 Å². The second kappa shape index (κ2) is 9.08. The van der Waals surface area contributed by atoms with E-state index < -0.39 is 34.7 Å². The van der Waals surface area contributed by atoms with Gasteiger partial charge >= 0.3 is 18.0 Å². The lowest BCUT2D eigenvalue weighted by molar-refractivity contribution is -0.164. The van der Waals surface area contributed by atoms with Crippen LogP contribution in [0.25, 0.3) is 0 Å². The second-order valence-corrected chi connectivity index (χ2v) is 7.42. The number of hydrogen-bond donors (Lipinski definition) is 0. The summed E-state index contributed by atoms with van der Waals surface area (Å²) in [7, 11) is 0. The Morgan fingerprint density at radius 2 is 1.32 bits per heavy atom. The Kier molecular flexibility index (Phi) is 7.61. The minimum Gasteiger partial charge on any atom is -0.464 e. The van der Waals surface area contributed by atoms with Gasteiger partial charge in [-0.3, -0.25) is 4.90 Å². The molecule has 0 aromatic heterocycles. The van der Waals surface area contributed by atoms with Crippen molar-refractivity contribution in [2.45, 2.75) is 64.1 Å². The monoisotopic (exact) mass is 393 g/mol. The maximum Gasteiger partial charge on any atom is 0.412 e. The van der Waals surface area contributed by atoms with Gasteiger partial charge in [0.25, 0.3) is 0 Å². The quantitative estimate of drug-likeness (QED) is 0.356. The molecule has 28 heavy (non-hydrogen) atoms. The predicted octanol–water partition coefficient (Wildman–Crippen LogP) is 3.55. The van der Waals surface area contributed by atoms with Crippen molar-refractivity contribution in [1.29, 1.82) is 0 Å². The van der Waals surface area contributed by atoms with Gasteiger partial charge in [0.05, 0.1) is 13.2 Å². The largest absolute Gasteiger partial charge is 0.464 e. The summed E-state index contributed by atoms with van der Waals surface area (Å²) in [6.45, 7) is 16.1. The summed E-state index contributed by atoms with van der Waals surface area (Å²) in [5.41, 5.74) is -3.99. The van der Waals surface area contributed by atoms with E-state index in [9.17, 15) is 14.4 Å². The lowest BCUT2D eigenvalue weighted by atomic mass is 9.91. The first kappa shape index (κ1) is 23.5. The van der Waals surface area contributed by atoms with Crippen LogP contribution in [0.5, 0.6) is 0 Å². The molecular formula is C21H31NO6. The summed E-state index contributed by atoms with van der Waals surface area (Å²) >= 11 is 0. The molecule has 1 amide bonds. The smallest absolute Gasteiger partial charge is 0.412 e. The molecule has 0 saturated heterocycles. The second-order valence-electron chi connectivity index (χ2n) is 7.42. The molecule has 0 bridgehead atoms. The zero-order valence-corrected chi connectivity index (χ0v) is 17.4. The molecule has 1 heterocycles.